The predicted molar refractivity (Wildman–Crippen MR) is 78.6 cm³/mol. The van der Waals surface area contributed by atoms with Gasteiger partial charge in [0.2, 0.25) is 10.0 Å². The van der Waals surface area contributed by atoms with Gasteiger partial charge in [-0.25, -0.2) is 12.7 Å². The first-order valence-electron chi connectivity index (χ1n) is 5.86. The van der Waals surface area contributed by atoms with E-state index in [0.29, 0.717) is 17.5 Å². The van der Waals surface area contributed by atoms with Crippen molar-refractivity contribution in [2.75, 3.05) is 13.6 Å². The van der Waals surface area contributed by atoms with Crippen molar-refractivity contribution in [2.24, 2.45) is 5.92 Å². The van der Waals surface area contributed by atoms with Crippen molar-refractivity contribution in [3.05, 3.63) is 28.2 Å². The van der Waals surface area contributed by atoms with E-state index < -0.39 is 10.0 Å². The van der Waals surface area contributed by atoms with E-state index in [0.717, 1.165) is 12.8 Å². The Balaban J connectivity index is 2.19. The van der Waals surface area contributed by atoms with Crippen molar-refractivity contribution in [3.8, 4) is 0 Å². The Kier molecular flexibility index (Phi) is 4.68. The van der Waals surface area contributed by atoms with E-state index in [9.17, 15) is 8.42 Å². The lowest BCUT2D eigenvalue weighted by atomic mass is 9.85. The molecule has 1 aliphatic rings. The van der Waals surface area contributed by atoms with Gasteiger partial charge in [0.1, 0.15) is 4.90 Å². The molecule has 0 aromatic heterocycles. The van der Waals surface area contributed by atoms with E-state index in [1.165, 1.54) is 16.4 Å². The Morgan fingerprint density at radius 3 is 2.53 bits per heavy atom. The number of nitrogens with zero attached hydrogens (tertiary/aromatic N) is 1. The van der Waals surface area contributed by atoms with E-state index in [2.05, 4.69) is 0 Å². The topological polar surface area (TPSA) is 37.4 Å². The lowest BCUT2D eigenvalue weighted by Gasteiger charge is -2.33. The summed E-state index contributed by atoms with van der Waals surface area (Å²) in [7, 11) is -2.06. The van der Waals surface area contributed by atoms with Gasteiger partial charge in [0.15, 0.2) is 0 Å². The van der Waals surface area contributed by atoms with Crippen LogP contribution in [0.4, 0.5) is 0 Å². The normalized spacial score (nSPS) is 23.4. The number of halogens is 3. The molecule has 0 atom stereocenters. The van der Waals surface area contributed by atoms with Crippen LogP contribution in [0.25, 0.3) is 0 Å². The molecule has 2 rings (SSSR count). The predicted octanol–water partition coefficient (Wildman–Crippen LogP) is 3.63. The van der Waals surface area contributed by atoms with Gasteiger partial charge in [-0.15, -0.1) is 11.6 Å². The van der Waals surface area contributed by atoms with Crippen molar-refractivity contribution < 1.29 is 8.42 Å². The molecule has 1 aliphatic carbocycles. The molecule has 19 heavy (non-hydrogen) atoms. The van der Waals surface area contributed by atoms with Crippen LogP contribution in [0, 0.1) is 5.92 Å². The van der Waals surface area contributed by atoms with Gasteiger partial charge in [0, 0.05) is 24.0 Å². The zero-order chi connectivity index (χ0) is 14.2. The molecule has 1 fully saturated rings. The summed E-state index contributed by atoms with van der Waals surface area (Å²) in [6.07, 6.45) is 1.70. The maximum absolute atomic E-state index is 12.4. The molecule has 0 aliphatic heterocycles. The standard InChI is InChI=1S/C12H14Cl3NO2S/c1-16(7-8-4-10(14)5-8)19(17,18)12-6-9(13)2-3-11(12)15/h2-3,6,8,10H,4-5,7H2,1H3. The molecule has 0 bridgehead atoms. The van der Waals surface area contributed by atoms with E-state index in [1.807, 2.05) is 0 Å². The molecular weight excluding hydrogens is 329 g/mol. The van der Waals surface area contributed by atoms with Crippen LogP contribution in [0.5, 0.6) is 0 Å². The number of rotatable bonds is 4. The van der Waals surface area contributed by atoms with Crippen molar-refractivity contribution in [2.45, 2.75) is 23.1 Å². The van der Waals surface area contributed by atoms with Gasteiger partial charge >= 0.3 is 0 Å². The maximum atomic E-state index is 12.4. The van der Waals surface area contributed by atoms with Gasteiger partial charge < -0.3 is 0 Å². The number of hydrogen-bond donors (Lipinski definition) is 0. The van der Waals surface area contributed by atoms with E-state index in [-0.39, 0.29) is 15.3 Å². The largest absolute Gasteiger partial charge is 0.244 e. The highest BCUT2D eigenvalue weighted by molar-refractivity contribution is 7.89. The van der Waals surface area contributed by atoms with Crippen molar-refractivity contribution >= 4 is 44.8 Å². The van der Waals surface area contributed by atoms with Crippen LogP contribution in [0.3, 0.4) is 0 Å². The Labute approximate surface area is 128 Å². The highest BCUT2D eigenvalue weighted by atomic mass is 35.5. The van der Waals surface area contributed by atoms with Crippen LogP contribution in [0.1, 0.15) is 12.8 Å². The van der Waals surface area contributed by atoms with Crippen LogP contribution in [-0.4, -0.2) is 31.7 Å². The maximum Gasteiger partial charge on any atom is 0.244 e. The van der Waals surface area contributed by atoms with E-state index in [1.54, 1.807) is 13.1 Å². The van der Waals surface area contributed by atoms with Gasteiger partial charge in [0.05, 0.1) is 5.02 Å². The first-order valence-corrected chi connectivity index (χ1v) is 8.49. The highest BCUT2D eigenvalue weighted by Gasteiger charge is 2.32. The lowest BCUT2D eigenvalue weighted by Crippen LogP contribution is -2.38. The third-order valence-corrected chi connectivity index (χ3v) is 6.17. The average Bonchev–Trinajstić information content (AvgIpc) is 2.30. The fraction of sp³-hybridized carbons (Fsp3) is 0.500. The Morgan fingerprint density at radius 1 is 1.32 bits per heavy atom. The fourth-order valence-corrected chi connectivity index (χ4v) is 4.59. The molecular formula is C12H14Cl3NO2S. The van der Waals surface area contributed by atoms with Crippen LogP contribution in [0.15, 0.2) is 23.1 Å². The molecule has 0 amide bonds. The molecule has 0 heterocycles. The molecule has 0 unspecified atom stereocenters. The molecule has 0 radical (unpaired) electrons. The lowest BCUT2D eigenvalue weighted by molar-refractivity contribution is 0.268. The van der Waals surface area contributed by atoms with Crippen LogP contribution in [0.2, 0.25) is 10.0 Å². The summed E-state index contributed by atoms with van der Waals surface area (Å²) >= 11 is 17.7. The van der Waals surface area contributed by atoms with Gasteiger partial charge in [0.25, 0.3) is 0 Å². The van der Waals surface area contributed by atoms with Crippen LogP contribution < -0.4 is 0 Å². The van der Waals surface area contributed by atoms with Crippen LogP contribution in [-0.2, 0) is 10.0 Å². The number of alkyl halides is 1. The summed E-state index contributed by atoms with van der Waals surface area (Å²) in [6, 6.07) is 4.43. The summed E-state index contributed by atoms with van der Waals surface area (Å²) in [5.41, 5.74) is 0. The summed E-state index contributed by atoms with van der Waals surface area (Å²) in [4.78, 5) is 0.0471. The van der Waals surface area contributed by atoms with E-state index in [4.69, 9.17) is 34.8 Å². The van der Waals surface area contributed by atoms with E-state index >= 15 is 0 Å². The monoisotopic (exact) mass is 341 g/mol. The molecule has 1 aromatic carbocycles. The molecule has 3 nitrogen and oxygen atoms in total. The first kappa shape index (κ1) is 15.4. The SMILES string of the molecule is CN(CC1CC(Cl)C1)S(=O)(=O)c1cc(Cl)ccc1Cl. The molecule has 0 spiro atoms. The molecule has 0 N–H and O–H groups in total. The Morgan fingerprint density at radius 2 is 1.95 bits per heavy atom. The quantitative estimate of drug-likeness (QED) is 0.784. The second kappa shape index (κ2) is 5.78. The van der Waals surface area contributed by atoms with Crippen molar-refractivity contribution in [1.29, 1.82) is 0 Å². The average molecular weight is 343 g/mol. The summed E-state index contributed by atoms with van der Waals surface area (Å²) < 4.78 is 26.1. The Hall–Kier alpha value is -0.000000000000000111. The minimum absolute atomic E-state index is 0.0471. The van der Waals surface area contributed by atoms with Crippen LogP contribution >= 0.6 is 34.8 Å². The van der Waals surface area contributed by atoms with Crippen molar-refractivity contribution in [1.82, 2.24) is 4.31 Å². The fourth-order valence-electron chi connectivity index (χ4n) is 2.11. The third kappa shape index (κ3) is 3.37. The minimum Gasteiger partial charge on any atom is -0.207 e. The molecule has 1 saturated carbocycles. The second-order valence-electron chi connectivity index (χ2n) is 4.79. The van der Waals surface area contributed by atoms with Gasteiger partial charge in [-0.1, -0.05) is 23.2 Å². The van der Waals surface area contributed by atoms with Gasteiger partial charge in [-0.05, 0) is 37.0 Å². The van der Waals surface area contributed by atoms with Gasteiger partial charge in [-0.2, -0.15) is 0 Å². The first-order chi connectivity index (χ1) is 8.80. The number of sulfonamides is 1. The molecule has 1 aromatic rings. The highest BCUT2D eigenvalue weighted by Crippen LogP contribution is 2.34. The van der Waals surface area contributed by atoms with Crippen molar-refractivity contribution in [3.63, 3.8) is 0 Å². The molecule has 0 saturated heterocycles. The number of benzene rings is 1. The Bertz CT molecular complexity index is 570. The second-order valence-corrected chi connectivity index (χ2v) is 8.27. The zero-order valence-electron chi connectivity index (χ0n) is 10.3. The zero-order valence-corrected chi connectivity index (χ0v) is 13.4. The molecule has 7 heteroatoms. The molecule has 106 valence electrons. The summed E-state index contributed by atoms with van der Waals surface area (Å²) in [5, 5.41) is 0.705. The smallest absolute Gasteiger partial charge is 0.207 e. The van der Waals surface area contributed by atoms with Gasteiger partial charge in [-0.3, -0.25) is 0 Å². The third-order valence-electron chi connectivity index (χ3n) is 3.27. The number of hydrogen-bond acceptors (Lipinski definition) is 2. The summed E-state index contributed by atoms with van der Waals surface area (Å²) in [6.45, 7) is 0.453. The summed E-state index contributed by atoms with van der Waals surface area (Å²) in [5.74, 6) is 0.320. The minimum atomic E-state index is -3.61.